The van der Waals surface area contributed by atoms with Gasteiger partial charge in [0, 0.05) is 25.1 Å². The predicted molar refractivity (Wildman–Crippen MR) is 52.9 cm³/mol. The molecule has 0 aromatic carbocycles. The summed E-state index contributed by atoms with van der Waals surface area (Å²) in [4.78, 5) is 23.7. The highest BCUT2D eigenvalue weighted by atomic mass is 16.5. The minimum absolute atomic E-state index is 0.0643. The molecule has 2 rings (SSSR count). The number of amides is 1. The van der Waals surface area contributed by atoms with E-state index in [2.05, 4.69) is 5.16 Å². The Morgan fingerprint density at radius 1 is 1.62 bits per heavy atom. The summed E-state index contributed by atoms with van der Waals surface area (Å²) in [6, 6.07) is 1.58. The van der Waals surface area contributed by atoms with Gasteiger partial charge in [-0.2, -0.15) is 0 Å². The summed E-state index contributed by atoms with van der Waals surface area (Å²) in [6.07, 6.45) is 0.113. The predicted octanol–water partition coefficient (Wildman–Crippen LogP) is 0.530. The van der Waals surface area contributed by atoms with Gasteiger partial charge in [0.15, 0.2) is 5.69 Å². The molecule has 0 radical (unpaired) electrons. The van der Waals surface area contributed by atoms with Crippen LogP contribution in [0.5, 0.6) is 0 Å². The van der Waals surface area contributed by atoms with Crippen LogP contribution in [0.15, 0.2) is 10.6 Å². The standard InChI is InChI=1S/C10H12N2O4/c1-6-2-8(11-16-6)10(15)12-4-7(5-12)3-9(13)14/h2,7H,3-5H2,1H3,(H,13,14). The Labute approximate surface area is 91.8 Å². The van der Waals surface area contributed by atoms with E-state index in [9.17, 15) is 9.59 Å². The van der Waals surface area contributed by atoms with Gasteiger partial charge in [0.25, 0.3) is 5.91 Å². The minimum Gasteiger partial charge on any atom is -0.481 e. The van der Waals surface area contributed by atoms with Crippen LogP contribution in [0.25, 0.3) is 0 Å². The number of aromatic nitrogens is 1. The lowest BCUT2D eigenvalue weighted by Gasteiger charge is -2.37. The van der Waals surface area contributed by atoms with Gasteiger partial charge in [0.05, 0.1) is 6.42 Å². The van der Waals surface area contributed by atoms with Crippen LogP contribution in [-0.2, 0) is 4.79 Å². The van der Waals surface area contributed by atoms with Gasteiger partial charge in [-0.15, -0.1) is 0 Å². The molecular weight excluding hydrogens is 212 g/mol. The monoisotopic (exact) mass is 224 g/mol. The number of carbonyl (C=O) groups excluding carboxylic acids is 1. The number of carboxylic acids is 1. The Morgan fingerprint density at radius 3 is 2.81 bits per heavy atom. The molecule has 0 aliphatic carbocycles. The van der Waals surface area contributed by atoms with E-state index in [1.54, 1.807) is 17.9 Å². The molecule has 0 spiro atoms. The van der Waals surface area contributed by atoms with Gasteiger partial charge < -0.3 is 14.5 Å². The van der Waals surface area contributed by atoms with Crippen molar-refractivity contribution in [3.05, 3.63) is 17.5 Å². The molecule has 16 heavy (non-hydrogen) atoms. The van der Waals surface area contributed by atoms with Crippen LogP contribution in [0.2, 0.25) is 0 Å². The smallest absolute Gasteiger partial charge is 0.303 e. The fraction of sp³-hybridized carbons (Fsp3) is 0.500. The minimum atomic E-state index is -0.825. The topological polar surface area (TPSA) is 83.6 Å². The number of aliphatic carboxylic acids is 1. The molecule has 1 amide bonds. The second-order valence-corrected chi connectivity index (χ2v) is 4.00. The van der Waals surface area contributed by atoms with Crippen molar-refractivity contribution in [2.24, 2.45) is 5.92 Å². The molecule has 0 saturated carbocycles. The van der Waals surface area contributed by atoms with Crippen molar-refractivity contribution < 1.29 is 19.2 Å². The molecule has 0 bridgehead atoms. The quantitative estimate of drug-likeness (QED) is 0.809. The number of carbonyl (C=O) groups is 2. The lowest BCUT2D eigenvalue weighted by Crippen LogP contribution is -2.50. The third kappa shape index (κ3) is 2.05. The first kappa shape index (κ1) is 10.7. The molecule has 1 saturated heterocycles. The van der Waals surface area contributed by atoms with E-state index in [4.69, 9.17) is 9.63 Å². The number of nitrogens with zero attached hydrogens (tertiary/aromatic N) is 2. The fourth-order valence-electron chi connectivity index (χ4n) is 1.74. The van der Waals surface area contributed by atoms with E-state index >= 15 is 0 Å². The molecule has 6 nitrogen and oxygen atoms in total. The molecular formula is C10H12N2O4. The summed E-state index contributed by atoms with van der Waals surface area (Å²) in [6.45, 7) is 2.68. The Morgan fingerprint density at radius 2 is 2.31 bits per heavy atom. The molecule has 1 aromatic heterocycles. The number of carboxylic acid groups (broad SMARTS) is 1. The van der Waals surface area contributed by atoms with E-state index in [0.717, 1.165) is 0 Å². The van der Waals surface area contributed by atoms with E-state index < -0.39 is 5.97 Å². The van der Waals surface area contributed by atoms with Crippen molar-refractivity contribution in [2.45, 2.75) is 13.3 Å². The summed E-state index contributed by atoms with van der Waals surface area (Å²) in [5.74, 6) is -0.367. The van der Waals surface area contributed by atoms with Crippen molar-refractivity contribution in [3.8, 4) is 0 Å². The Hall–Kier alpha value is -1.85. The van der Waals surface area contributed by atoms with Gasteiger partial charge in [0.1, 0.15) is 5.76 Å². The van der Waals surface area contributed by atoms with Crippen LogP contribution in [0.3, 0.4) is 0 Å². The number of hydrogen-bond donors (Lipinski definition) is 1. The first-order valence-electron chi connectivity index (χ1n) is 5.00. The maximum atomic E-state index is 11.7. The average Bonchev–Trinajstić information content (AvgIpc) is 2.56. The Kier molecular flexibility index (Phi) is 2.64. The fourth-order valence-corrected chi connectivity index (χ4v) is 1.74. The molecule has 0 atom stereocenters. The zero-order valence-corrected chi connectivity index (χ0v) is 8.84. The van der Waals surface area contributed by atoms with Crippen LogP contribution in [0, 0.1) is 12.8 Å². The van der Waals surface area contributed by atoms with E-state index in [0.29, 0.717) is 18.8 Å². The molecule has 2 heterocycles. The number of likely N-dealkylation sites (tertiary alicyclic amines) is 1. The highest BCUT2D eigenvalue weighted by Gasteiger charge is 2.33. The van der Waals surface area contributed by atoms with Gasteiger partial charge in [-0.3, -0.25) is 9.59 Å². The molecule has 1 fully saturated rings. The summed E-state index contributed by atoms with van der Waals surface area (Å²) in [5, 5.41) is 12.2. The molecule has 0 unspecified atom stereocenters. The van der Waals surface area contributed by atoms with Gasteiger partial charge in [0.2, 0.25) is 0 Å². The zero-order chi connectivity index (χ0) is 11.7. The summed E-state index contributed by atoms with van der Waals surface area (Å²) < 4.78 is 4.80. The molecule has 6 heteroatoms. The van der Waals surface area contributed by atoms with Crippen molar-refractivity contribution in [2.75, 3.05) is 13.1 Å². The zero-order valence-electron chi connectivity index (χ0n) is 8.84. The second kappa shape index (κ2) is 3.96. The molecule has 1 aliphatic heterocycles. The molecule has 1 N–H and O–H groups in total. The normalized spacial score (nSPS) is 15.9. The van der Waals surface area contributed by atoms with Gasteiger partial charge in [-0.1, -0.05) is 5.16 Å². The maximum absolute atomic E-state index is 11.7. The third-order valence-corrected chi connectivity index (χ3v) is 2.55. The lowest BCUT2D eigenvalue weighted by atomic mass is 9.96. The van der Waals surface area contributed by atoms with Crippen molar-refractivity contribution in [1.82, 2.24) is 10.1 Å². The van der Waals surface area contributed by atoms with E-state index in [-0.39, 0.29) is 23.9 Å². The van der Waals surface area contributed by atoms with Crippen LogP contribution in [0.4, 0.5) is 0 Å². The first-order valence-corrected chi connectivity index (χ1v) is 5.00. The number of hydrogen-bond acceptors (Lipinski definition) is 4. The van der Waals surface area contributed by atoms with Crippen molar-refractivity contribution in [3.63, 3.8) is 0 Å². The second-order valence-electron chi connectivity index (χ2n) is 4.00. The van der Waals surface area contributed by atoms with Gasteiger partial charge in [-0.25, -0.2) is 0 Å². The van der Waals surface area contributed by atoms with Crippen LogP contribution >= 0.6 is 0 Å². The van der Waals surface area contributed by atoms with Crippen molar-refractivity contribution in [1.29, 1.82) is 0 Å². The molecule has 1 aromatic rings. The number of aryl methyl sites for hydroxylation is 1. The Balaban J connectivity index is 1.88. The third-order valence-electron chi connectivity index (χ3n) is 2.55. The summed E-state index contributed by atoms with van der Waals surface area (Å²) >= 11 is 0. The Bertz CT molecular complexity index is 420. The van der Waals surface area contributed by atoms with E-state index in [1.807, 2.05) is 0 Å². The molecule has 1 aliphatic rings. The van der Waals surface area contributed by atoms with Gasteiger partial charge >= 0.3 is 5.97 Å². The highest BCUT2D eigenvalue weighted by molar-refractivity contribution is 5.92. The summed E-state index contributed by atoms with van der Waals surface area (Å²) in [7, 11) is 0. The lowest BCUT2D eigenvalue weighted by molar-refractivity contribution is -0.139. The van der Waals surface area contributed by atoms with Gasteiger partial charge in [-0.05, 0) is 6.92 Å². The highest BCUT2D eigenvalue weighted by Crippen LogP contribution is 2.21. The average molecular weight is 224 g/mol. The van der Waals surface area contributed by atoms with Crippen LogP contribution in [0.1, 0.15) is 22.7 Å². The summed E-state index contributed by atoms with van der Waals surface area (Å²) in [5.41, 5.74) is 0.284. The molecule has 86 valence electrons. The van der Waals surface area contributed by atoms with E-state index in [1.165, 1.54) is 0 Å². The first-order chi connectivity index (χ1) is 7.56. The van der Waals surface area contributed by atoms with Crippen LogP contribution < -0.4 is 0 Å². The number of rotatable bonds is 3. The maximum Gasteiger partial charge on any atom is 0.303 e. The van der Waals surface area contributed by atoms with Crippen molar-refractivity contribution >= 4 is 11.9 Å². The SMILES string of the molecule is Cc1cc(C(=O)N2CC(CC(=O)O)C2)no1. The van der Waals surface area contributed by atoms with Crippen LogP contribution in [-0.4, -0.2) is 40.1 Å². The largest absolute Gasteiger partial charge is 0.481 e.